The van der Waals surface area contributed by atoms with Gasteiger partial charge in [0.05, 0.1) is 17.4 Å². The van der Waals surface area contributed by atoms with Gasteiger partial charge in [0.25, 0.3) is 0 Å². The molecule has 8 heteroatoms. The summed E-state index contributed by atoms with van der Waals surface area (Å²) in [5, 5.41) is 2.69. The van der Waals surface area contributed by atoms with Crippen molar-refractivity contribution in [3.05, 3.63) is 53.2 Å². The van der Waals surface area contributed by atoms with Crippen molar-refractivity contribution >= 4 is 29.2 Å². The summed E-state index contributed by atoms with van der Waals surface area (Å²) in [6, 6.07) is 10.2. The van der Waals surface area contributed by atoms with Crippen LogP contribution in [0.5, 0.6) is 0 Å². The number of nitrogens with two attached hydrogens (primary N) is 1. The van der Waals surface area contributed by atoms with E-state index in [4.69, 9.17) is 5.73 Å². The van der Waals surface area contributed by atoms with Crippen LogP contribution in [0.1, 0.15) is 68.6 Å². The van der Waals surface area contributed by atoms with E-state index in [0.717, 1.165) is 56.3 Å². The Bertz CT molecular complexity index is 1130. The van der Waals surface area contributed by atoms with E-state index in [1.165, 1.54) is 11.8 Å². The van der Waals surface area contributed by atoms with Crippen LogP contribution in [-0.4, -0.2) is 52.1 Å². The molecule has 2 aromatic rings. The molecule has 2 saturated heterocycles. The molecule has 2 aliphatic rings. The maximum Gasteiger partial charge on any atom is 0.313 e. The number of nitrogens with one attached hydrogen (secondary N) is 1. The fourth-order valence-electron chi connectivity index (χ4n) is 5.36. The van der Waals surface area contributed by atoms with E-state index < -0.39 is 17.4 Å². The molecule has 2 fully saturated rings. The van der Waals surface area contributed by atoms with Crippen molar-refractivity contribution in [2.45, 2.75) is 64.3 Å². The highest BCUT2D eigenvalue weighted by atomic mass is 16.2. The zero-order chi connectivity index (χ0) is 25.2. The molecule has 2 aliphatic heterocycles. The summed E-state index contributed by atoms with van der Waals surface area (Å²) < 4.78 is 0. The van der Waals surface area contributed by atoms with Crippen molar-refractivity contribution in [2.75, 3.05) is 30.7 Å². The summed E-state index contributed by atoms with van der Waals surface area (Å²) >= 11 is 0. The second-order valence-electron chi connectivity index (χ2n) is 9.97. The van der Waals surface area contributed by atoms with Gasteiger partial charge in [0.1, 0.15) is 5.82 Å². The lowest BCUT2D eigenvalue weighted by Crippen LogP contribution is -2.53. The standard InChI is InChI=1S/C27H35N5O3/c1-18-15-23(17-29-24(18)28)30-25(34)26(35)32-12-5-4-11-27(32,3)22-8-6-7-21(16-22)20-9-13-31(14-10-20)19(2)33/h6-8,15-17,20H,4-5,9-14H2,1-3H3,(H2,28,29)(H,30,34)/t27-/m1/s1. The lowest BCUT2D eigenvalue weighted by molar-refractivity contribution is -0.149. The molecule has 1 aromatic carbocycles. The first kappa shape index (κ1) is 24.7. The zero-order valence-electron chi connectivity index (χ0n) is 20.8. The van der Waals surface area contributed by atoms with Crippen molar-refractivity contribution in [3.63, 3.8) is 0 Å². The summed E-state index contributed by atoms with van der Waals surface area (Å²) in [5.74, 6) is -0.306. The van der Waals surface area contributed by atoms with Crippen molar-refractivity contribution in [1.29, 1.82) is 0 Å². The van der Waals surface area contributed by atoms with Gasteiger partial charge in [0.2, 0.25) is 5.91 Å². The summed E-state index contributed by atoms with van der Waals surface area (Å²) in [6.45, 7) is 7.56. The molecule has 8 nitrogen and oxygen atoms in total. The number of aromatic nitrogens is 1. The van der Waals surface area contributed by atoms with Gasteiger partial charge in [-0.2, -0.15) is 0 Å². The highest BCUT2D eigenvalue weighted by molar-refractivity contribution is 6.39. The number of anilines is 2. The molecule has 3 N–H and O–H groups in total. The van der Waals surface area contributed by atoms with E-state index in [2.05, 4.69) is 35.4 Å². The molecule has 3 heterocycles. The predicted molar refractivity (Wildman–Crippen MR) is 136 cm³/mol. The molecule has 0 radical (unpaired) electrons. The largest absolute Gasteiger partial charge is 0.383 e. The summed E-state index contributed by atoms with van der Waals surface area (Å²) in [4.78, 5) is 45.7. The van der Waals surface area contributed by atoms with Gasteiger partial charge in [-0.05, 0) is 74.6 Å². The lowest BCUT2D eigenvalue weighted by atomic mass is 9.79. The summed E-state index contributed by atoms with van der Waals surface area (Å²) in [6.07, 6.45) is 5.97. The number of nitrogens with zero attached hydrogens (tertiary/aromatic N) is 3. The molecule has 0 aliphatic carbocycles. The molecule has 1 aromatic heterocycles. The van der Waals surface area contributed by atoms with Gasteiger partial charge in [-0.25, -0.2) is 4.98 Å². The quantitative estimate of drug-likeness (QED) is 0.657. The molecule has 4 rings (SSSR count). The average Bonchev–Trinajstić information content (AvgIpc) is 2.86. The number of rotatable bonds is 3. The Labute approximate surface area is 206 Å². The molecular weight excluding hydrogens is 442 g/mol. The van der Waals surface area contributed by atoms with Crippen molar-refractivity contribution in [1.82, 2.24) is 14.8 Å². The maximum absolute atomic E-state index is 13.4. The van der Waals surface area contributed by atoms with Crippen LogP contribution >= 0.6 is 0 Å². The maximum atomic E-state index is 13.4. The molecule has 186 valence electrons. The Balaban J connectivity index is 1.53. The van der Waals surface area contributed by atoms with Gasteiger partial charge in [0.15, 0.2) is 0 Å². The number of aryl methyl sites for hydroxylation is 1. The van der Waals surface area contributed by atoms with Gasteiger partial charge in [-0.3, -0.25) is 14.4 Å². The summed E-state index contributed by atoms with van der Waals surface area (Å²) in [5.41, 5.74) is 8.67. The van der Waals surface area contributed by atoms with E-state index in [0.29, 0.717) is 24.0 Å². The van der Waals surface area contributed by atoms with Crippen molar-refractivity contribution < 1.29 is 14.4 Å². The van der Waals surface area contributed by atoms with Crippen LogP contribution in [0.15, 0.2) is 36.5 Å². The number of nitrogen functional groups attached to an aromatic ring is 1. The SMILES string of the molecule is CC(=O)N1CCC(c2cccc([C@@]3(C)CCCCN3C(=O)C(=O)Nc3cnc(N)c(C)c3)c2)CC1. The second kappa shape index (κ2) is 10.1. The van der Waals surface area contributed by atoms with Crippen LogP contribution in [0, 0.1) is 6.92 Å². The van der Waals surface area contributed by atoms with Gasteiger partial charge in [-0.15, -0.1) is 0 Å². The third kappa shape index (κ3) is 5.16. The van der Waals surface area contributed by atoms with Crippen LogP contribution in [0.25, 0.3) is 0 Å². The van der Waals surface area contributed by atoms with Crippen LogP contribution in [0.2, 0.25) is 0 Å². The van der Waals surface area contributed by atoms with Gasteiger partial charge in [-0.1, -0.05) is 24.3 Å². The number of hydrogen-bond donors (Lipinski definition) is 2. The molecule has 0 unspecified atom stereocenters. The highest BCUT2D eigenvalue weighted by Gasteiger charge is 2.41. The fourth-order valence-corrected chi connectivity index (χ4v) is 5.36. The number of hydrogen-bond acceptors (Lipinski definition) is 5. The smallest absolute Gasteiger partial charge is 0.313 e. The number of carbonyl (C=O) groups excluding carboxylic acids is 3. The topological polar surface area (TPSA) is 109 Å². The molecule has 3 amide bonds. The summed E-state index contributed by atoms with van der Waals surface area (Å²) in [7, 11) is 0. The number of amides is 3. The molecule has 0 spiro atoms. The zero-order valence-corrected chi connectivity index (χ0v) is 20.8. The minimum absolute atomic E-state index is 0.129. The average molecular weight is 478 g/mol. The molecule has 1 atom stereocenters. The number of likely N-dealkylation sites (tertiary alicyclic amines) is 2. The third-order valence-corrected chi connectivity index (χ3v) is 7.63. The van der Waals surface area contributed by atoms with Crippen LogP contribution in [-0.2, 0) is 19.9 Å². The van der Waals surface area contributed by atoms with E-state index in [-0.39, 0.29) is 5.91 Å². The minimum atomic E-state index is -0.670. The monoisotopic (exact) mass is 477 g/mol. The second-order valence-corrected chi connectivity index (χ2v) is 9.97. The predicted octanol–water partition coefficient (Wildman–Crippen LogP) is 3.56. The molecular formula is C27H35N5O3. The van der Waals surface area contributed by atoms with Gasteiger partial charge >= 0.3 is 11.8 Å². The number of carbonyl (C=O) groups is 3. The van der Waals surface area contributed by atoms with Gasteiger partial charge in [0, 0.05) is 26.6 Å². The first-order chi connectivity index (χ1) is 16.7. The van der Waals surface area contributed by atoms with Crippen molar-refractivity contribution in [2.24, 2.45) is 0 Å². The Morgan fingerprint density at radius 3 is 2.54 bits per heavy atom. The minimum Gasteiger partial charge on any atom is -0.383 e. The van der Waals surface area contributed by atoms with Crippen molar-refractivity contribution in [3.8, 4) is 0 Å². The lowest BCUT2D eigenvalue weighted by Gasteiger charge is -2.45. The number of benzene rings is 1. The molecule has 35 heavy (non-hydrogen) atoms. The van der Waals surface area contributed by atoms with E-state index >= 15 is 0 Å². The Morgan fingerprint density at radius 2 is 1.86 bits per heavy atom. The van der Waals surface area contributed by atoms with Gasteiger partial charge < -0.3 is 20.9 Å². The van der Waals surface area contributed by atoms with E-state index in [1.807, 2.05) is 11.0 Å². The number of pyridine rings is 1. The van der Waals surface area contributed by atoms with Crippen LogP contribution in [0.3, 0.4) is 0 Å². The molecule has 0 saturated carbocycles. The normalized spacial score (nSPS) is 21.0. The third-order valence-electron chi connectivity index (χ3n) is 7.63. The highest BCUT2D eigenvalue weighted by Crippen LogP contribution is 2.39. The first-order valence-corrected chi connectivity index (χ1v) is 12.4. The fraction of sp³-hybridized carbons (Fsp3) is 0.481. The Hall–Kier alpha value is -3.42. The van der Waals surface area contributed by atoms with E-state index in [1.54, 1.807) is 24.8 Å². The number of piperidine rings is 2. The van der Waals surface area contributed by atoms with Crippen LogP contribution in [0.4, 0.5) is 11.5 Å². The van der Waals surface area contributed by atoms with E-state index in [9.17, 15) is 14.4 Å². The Morgan fingerprint density at radius 1 is 1.11 bits per heavy atom. The molecule has 0 bridgehead atoms. The van der Waals surface area contributed by atoms with Crippen LogP contribution < -0.4 is 11.1 Å². The Kier molecular flexibility index (Phi) is 7.10. The first-order valence-electron chi connectivity index (χ1n) is 12.4.